The first-order chi connectivity index (χ1) is 19.6. The molecule has 1 unspecified atom stereocenters. The maximum absolute atomic E-state index is 13.3. The molecule has 41 heavy (non-hydrogen) atoms. The molecule has 3 saturated heterocycles. The summed E-state index contributed by atoms with van der Waals surface area (Å²) in [6.45, 7) is 12.8. The van der Waals surface area contributed by atoms with Gasteiger partial charge in [-0.2, -0.15) is 0 Å². The molecule has 216 valence electrons. The van der Waals surface area contributed by atoms with Crippen molar-refractivity contribution in [1.82, 2.24) is 20.0 Å². The number of hydrogen-bond acceptors (Lipinski definition) is 8. The summed E-state index contributed by atoms with van der Waals surface area (Å²) in [5.74, 6) is -2.02. The van der Waals surface area contributed by atoms with Gasteiger partial charge < -0.3 is 10.1 Å². The molecule has 2 aromatic carbocycles. The third-order valence-corrected chi connectivity index (χ3v) is 8.84. The second-order valence-corrected chi connectivity index (χ2v) is 12.2. The van der Waals surface area contributed by atoms with Gasteiger partial charge in [0.1, 0.15) is 6.04 Å². The van der Waals surface area contributed by atoms with Crippen molar-refractivity contribution >= 4 is 29.3 Å². The van der Waals surface area contributed by atoms with E-state index in [1.165, 1.54) is 11.1 Å². The molecule has 2 aromatic rings. The number of hydrogen-bond donors (Lipinski definition) is 2. The van der Waals surface area contributed by atoms with Gasteiger partial charge in [0.05, 0.1) is 24.3 Å². The van der Waals surface area contributed by atoms with Crippen molar-refractivity contribution in [2.45, 2.75) is 64.3 Å². The molecular formula is C31H37N5O5. The number of imide groups is 2. The van der Waals surface area contributed by atoms with Crippen LogP contribution in [0.3, 0.4) is 0 Å². The van der Waals surface area contributed by atoms with Gasteiger partial charge in [-0.25, -0.2) is 0 Å². The largest absolute Gasteiger partial charge is 0.380 e. The standard InChI is InChI=1S/C31H37N5O5/c1-19-13-20(7-8-21(19)15-34-16-22(17-34)35-11-12-41-18-31(35,2)3)14-32-24-6-4-5-23-27(24)30(40)36(29(23)39)25-9-10-26(37)33-28(25)38/h4-8,13,22,25,32H,9-12,14-18H2,1-3H3,(H,33,37,38). The van der Waals surface area contributed by atoms with Crippen molar-refractivity contribution < 1.29 is 23.9 Å². The average molecular weight is 560 g/mol. The molecule has 0 radical (unpaired) electrons. The lowest BCUT2D eigenvalue weighted by Crippen LogP contribution is -2.67. The second kappa shape index (κ2) is 10.7. The highest BCUT2D eigenvalue weighted by molar-refractivity contribution is 6.25. The number of nitrogens with one attached hydrogen (secondary N) is 2. The van der Waals surface area contributed by atoms with E-state index in [1.54, 1.807) is 18.2 Å². The number of benzene rings is 2. The van der Waals surface area contributed by atoms with E-state index in [2.05, 4.69) is 59.4 Å². The van der Waals surface area contributed by atoms with Gasteiger partial charge >= 0.3 is 0 Å². The molecule has 10 nitrogen and oxygen atoms in total. The third kappa shape index (κ3) is 5.16. The first-order valence-electron chi connectivity index (χ1n) is 14.4. The first-order valence-corrected chi connectivity index (χ1v) is 14.4. The molecular weight excluding hydrogens is 522 g/mol. The average Bonchev–Trinajstić information content (AvgIpc) is 3.16. The molecule has 1 atom stereocenters. The molecule has 0 spiro atoms. The Bertz CT molecular complexity index is 1420. The zero-order chi connectivity index (χ0) is 28.9. The van der Waals surface area contributed by atoms with Crippen molar-refractivity contribution in [1.29, 1.82) is 0 Å². The number of carbonyl (C=O) groups excluding carboxylic acids is 4. The third-order valence-electron chi connectivity index (χ3n) is 8.84. The van der Waals surface area contributed by atoms with Crippen molar-refractivity contribution in [2.24, 2.45) is 0 Å². The molecule has 0 bridgehead atoms. The van der Waals surface area contributed by atoms with E-state index in [0.717, 1.165) is 49.9 Å². The SMILES string of the molecule is Cc1cc(CNc2cccc3c2C(=O)N(C2CCC(=O)NC2=O)C3=O)ccc1CN1CC(N2CCOCC2(C)C)C1. The lowest BCUT2D eigenvalue weighted by molar-refractivity contribution is -0.136. The molecule has 2 N–H and O–H groups in total. The predicted molar refractivity (Wildman–Crippen MR) is 152 cm³/mol. The van der Waals surface area contributed by atoms with Crippen LogP contribution in [0.4, 0.5) is 5.69 Å². The number of likely N-dealkylation sites (tertiary alicyclic amines) is 1. The van der Waals surface area contributed by atoms with Crippen LogP contribution in [0.15, 0.2) is 36.4 Å². The van der Waals surface area contributed by atoms with Crippen LogP contribution in [0.1, 0.15) is 64.1 Å². The lowest BCUT2D eigenvalue weighted by Gasteiger charge is -2.53. The molecule has 6 rings (SSSR count). The number of piperidine rings is 1. The molecule has 3 fully saturated rings. The number of amides is 4. The Balaban J connectivity index is 1.08. The summed E-state index contributed by atoms with van der Waals surface area (Å²) in [7, 11) is 0. The summed E-state index contributed by atoms with van der Waals surface area (Å²) in [5, 5.41) is 5.57. The Kier molecular flexibility index (Phi) is 7.17. The van der Waals surface area contributed by atoms with Crippen LogP contribution >= 0.6 is 0 Å². The van der Waals surface area contributed by atoms with E-state index in [-0.39, 0.29) is 29.5 Å². The second-order valence-electron chi connectivity index (χ2n) is 12.2. The van der Waals surface area contributed by atoms with E-state index in [0.29, 0.717) is 18.3 Å². The number of carbonyl (C=O) groups is 4. The highest BCUT2D eigenvalue weighted by Gasteiger charge is 2.45. The Morgan fingerprint density at radius 1 is 1.07 bits per heavy atom. The number of fused-ring (bicyclic) bond motifs is 1. The first kappa shape index (κ1) is 27.6. The zero-order valence-electron chi connectivity index (χ0n) is 23.9. The topological polar surface area (TPSA) is 111 Å². The summed E-state index contributed by atoms with van der Waals surface area (Å²) in [6, 6.07) is 11.1. The minimum Gasteiger partial charge on any atom is -0.380 e. The maximum atomic E-state index is 13.3. The Morgan fingerprint density at radius 3 is 2.61 bits per heavy atom. The Morgan fingerprint density at radius 2 is 1.88 bits per heavy atom. The van der Waals surface area contributed by atoms with Gasteiger partial charge in [0.25, 0.3) is 11.8 Å². The molecule has 4 aliphatic rings. The molecule has 4 amide bonds. The van der Waals surface area contributed by atoms with Gasteiger partial charge in [-0.1, -0.05) is 24.3 Å². The molecule has 0 aliphatic carbocycles. The van der Waals surface area contributed by atoms with Crippen LogP contribution in [-0.2, 0) is 27.4 Å². The maximum Gasteiger partial charge on any atom is 0.264 e. The van der Waals surface area contributed by atoms with Crippen molar-refractivity contribution in [3.05, 3.63) is 64.2 Å². The van der Waals surface area contributed by atoms with Gasteiger partial charge in [-0.05, 0) is 56.0 Å². The molecule has 10 heteroatoms. The normalized spacial score (nSPS) is 23.4. The van der Waals surface area contributed by atoms with Crippen LogP contribution < -0.4 is 10.6 Å². The summed E-state index contributed by atoms with van der Waals surface area (Å²) >= 11 is 0. The monoisotopic (exact) mass is 559 g/mol. The summed E-state index contributed by atoms with van der Waals surface area (Å²) in [5.41, 5.74) is 4.76. The number of aryl methyl sites for hydroxylation is 1. The summed E-state index contributed by atoms with van der Waals surface area (Å²) < 4.78 is 5.68. The Labute approximate surface area is 240 Å². The number of nitrogens with zero attached hydrogens (tertiary/aromatic N) is 3. The highest BCUT2D eigenvalue weighted by Crippen LogP contribution is 2.33. The minimum atomic E-state index is -0.981. The number of morpholine rings is 1. The van der Waals surface area contributed by atoms with Crippen LogP contribution in [0.25, 0.3) is 0 Å². The van der Waals surface area contributed by atoms with Crippen LogP contribution in [0.5, 0.6) is 0 Å². The van der Waals surface area contributed by atoms with Crippen LogP contribution in [0.2, 0.25) is 0 Å². The van der Waals surface area contributed by atoms with E-state index >= 15 is 0 Å². The lowest BCUT2D eigenvalue weighted by atomic mass is 9.95. The van der Waals surface area contributed by atoms with Gasteiger partial charge in [-0.15, -0.1) is 0 Å². The summed E-state index contributed by atoms with van der Waals surface area (Å²) in [6.07, 6.45) is 0.225. The van der Waals surface area contributed by atoms with Crippen molar-refractivity contribution in [3.63, 3.8) is 0 Å². The highest BCUT2D eigenvalue weighted by atomic mass is 16.5. The number of rotatable bonds is 7. The van der Waals surface area contributed by atoms with Crippen molar-refractivity contribution in [2.75, 3.05) is 38.2 Å². The van der Waals surface area contributed by atoms with E-state index < -0.39 is 29.7 Å². The predicted octanol–water partition coefficient (Wildman–Crippen LogP) is 2.30. The van der Waals surface area contributed by atoms with Gasteiger partial charge in [0.15, 0.2) is 0 Å². The number of anilines is 1. The van der Waals surface area contributed by atoms with Crippen LogP contribution in [0, 0.1) is 6.92 Å². The quantitative estimate of drug-likeness (QED) is 0.498. The van der Waals surface area contributed by atoms with Gasteiger partial charge in [0.2, 0.25) is 11.8 Å². The molecule has 4 heterocycles. The number of ether oxygens (including phenoxy) is 1. The minimum absolute atomic E-state index is 0.0829. The fourth-order valence-electron chi connectivity index (χ4n) is 6.56. The summed E-state index contributed by atoms with van der Waals surface area (Å²) in [4.78, 5) is 56.5. The molecule has 0 aromatic heterocycles. The van der Waals surface area contributed by atoms with Gasteiger partial charge in [-0.3, -0.25) is 39.2 Å². The van der Waals surface area contributed by atoms with E-state index in [9.17, 15) is 19.2 Å². The molecule has 0 saturated carbocycles. The van der Waals surface area contributed by atoms with E-state index in [4.69, 9.17) is 4.74 Å². The fourth-order valence-corrected chi connectivity index (χ4v) is 6.56. The zero-order valence-corrected chi connectivity index (χ0v) is 23.9. The smallest absolute Gasteiger partial charge is 0.264 e. The fraction of sp³-hybridized carbons (Fsp3) is 0.484. The van der Waals surface area contributed by atoms with Crippen molar-refractivity contribution in [3.8, 4) is 0 Å². The Hall–Kier alpha value is -3.60. The molecule has 4 aliphatic heterocycles. The van der Waals surface area contributed by atoms with Gasteiger partial charge in [0, 0.05) is 56.4 Å². The van der Waals surface area contributed by atoms with E-state index in [1.807, 2.05) is 0 Å². The van der Waals surface area contributed by atoms with Crippen LogP contribution in [-0.4, -0.2) is 88.8 Å².